The summed E-state index contributed by atoms with van der Waals surface area (Å²) in [4.78, 5) is 15.6. The van der Waals surface area contributed by atoms with Crippen molar-refractivity contribution in [3.63, 3.8) is 0 Å². The maximum absolute atomic E-state index is 11.7. The minimum Gasteiger partial charge on any atom is -0.376 e. The van der Waals surface area contributed by atoms with Gasteiger partial charge in [-0.1, -0.05) is 24.4 Å². The highest BCUT2D eigenvalue weighted by Crippen LogP contribution is 2.20. The maximum Gasteiger partial charge on any atom is 0.252 e. The summed E-state index contributed by atoms with van der Waals surface area (Å²) in [6, 6.07) is 3.26. The zero-order chi connectivity index (χ0) is 12.8. The second-order valence-electron chi connectivity index (χ2n) is 4.40. The van der Waals surface area contributed by atoms with E-state index in [2.05, 4.69) is 10.3 Å². The van der Waals surface area contributed by atoms with Gasteiger partial charge in [-0.15, -0.1) is 0 Å². The van der Waals surface area contributed by atoms with Crippen LogP contribution in [0.2, 0.25) is 5.15 Å². The van der Waals surface area contributed by atoms with Gasteiger partial charge in [0.15, 0.2) is 0 Å². The molecule has 1 fully saturated rings. The van der Waals surface area contributed by atoms with Crippen LogP contribution >= 0.6 is 11.6 Å². The Morgan fingerprint density at radius 3 is 2.89 bits per heavy atom. The number of pyridine rings is 1. The molecule has 2 rings (SSSR count). The van der Waals surface area contributed by atoms with E-state index >= 15 is 0 Å². The first-order valence-corrected chi connectivity index (χ1v) is 6.65. The average Bonchev–Trinajstić information content (AvgIpc) is 2.88. The largest absolute Gasteiger partial charge is 0.376 e. The molecule has 1 aromatic rings. The number of nitrogens with one attached hydrogen (secondary N) is 1. The molecule has 1 aromatic heterocycles. The summed E-state index contributed by atoms with van der Waals surface area (Å²) in [5, 5.41) is 3.18. The van der Waals surface area contributed by atoms with Crippen LogP contribution in [0.5, 0.6) is 0 Å². The zero-order valence-corrected chi connectivity index (χ0v) is 10.9. The van der Waals surface area contributed by atoms with E-state index in [0.717, 1.165) is 12.8 Å². The van der Waals surface area contributed by atoms with Gasteiger partial charge in [0, 0.05) is 12.7 Å². The topological polar surface area (TPSA) is 51.2 Å². The smallest absolute Gasteiger partial charge is 0.252 e. The van der Waals surface area contributed by atoms with Crippen molar-refractivity contribution in [2.24, 2.45) is 0 Å². The molecule has 0 atom stereocenters. The van der Waals surface area contributed by atoms with Crippen LogP contribution in [-0.4, -0.2) is 30.1 Å². The van der Waals surface area contributed by atoms with Crippen LogP contribution in [-0.2, 0) is 4.74 Å². The molecule has 18 heavy (non-hydrogen) atoms. The first kappa shape index (κ1) is 13.3. The van der Waals surface area contributed by atoms with Gasteiger partial charge in [-0.05, 0) is 25.0 Å². The Balaban J connectivity index is 1.66. The number of aromatic nitrogens is 1. The first-order chi connectivity index (χ1) is 8.75. The summed E-state index contributed by atoms with van der Waals surface area (Å²) < 4.78 is 5.66. The normalized spacial score (nSPS) is 15.8. The third-order valence-electron chi connectivity index (χ3n) is 3.03. The first-order valence-electron chi connectivity index (χ1n) is 6.27. The van der Waals surface area contributed by atoms with E-state index in [9.17, 15) is 4.79 Å². The lowest BCUT2D eigenvalue weighted by Crippen LogP contribution is -2.28. The number of nitrogens with zero attached hydrogens (tertiary/aromatic N) is 1. The van der Waals surface area contributed by atoms with Crippen molar-refractivity contribution in [3.05, 3.63) is 29.0 Å². The van der Waals surface area contributed by atoms with Crippen LogP contribution < -0.4 is 5.32 Å². The Hall–Kier alpha value is -1.13. The predicted octanol–water partition coefficient (Wildman–Crippen LogP) is 2.42. The molecule has 0 bridgehead atoms. The van der Waals surface area contributed by atoms with Gasteiger partial charge in [-0.3, -0.25) is 4.79 Å². The summed E-state index contributed by atoms with van der Waals surface area (Å²) in [7, 11) is 0. The van der Waals surface area contributed by atoms with Crippen molar-refractivity contribution in [2.45, 2.75) is 31.8 Å². The summed E-state index contributed by atoms with van der Waals surface area (Å²) in [6.07, 6.45) is 6.67. The van der Waals surface area contributed by atoms with E-state index in [1.807, 2.05) is 0 Å². The average molecular weight is 269 g/mol. The fraction of sp³-hybridized carbons (Fsp3) is 0.538. The van der Waals surface area contributed by atoms with Crippen LogP contribution in [0.4, 0.5) is 0 Å². The van der Waals surface area contributed by atoms with Crippen molar-refractivity contribution >= 4 is 17.5 Å². The molecule has 0 unspecified atom stereocenters. The summed E-state index contributed by atoms with van der Waals surface area (Å²) >= 11 is 5.65. The molecule has 0 aliphatic heterocycles. The van der Waals surface area contributed by atoms with Gasteiger partial charge in [0.2, 0.25) is 0 Å². The number of hydrogen-bond acceptors (Lipinski definition) is 3. The van der Waals surface area contributed by atoms with Crippen LogP contribution in [0, 0.1) is 0 Å². The predicted molar refractivity (Wildman–Crippen MR) is 69.8 cm³/mol. The number of halogens is 1. The molecule has 1 saturated carbocycles. The Morgan fingerprint density at radius 2 is 2.22 bits per heavy atom. The van der Waals surface area contributed by atoms with Gasteiger partial charge in [0.05, 0.1) is 18.3 Å². The summed E-state index contributed by atoms with van der Waals surface area (Å²) in [6.45, 7) is 1.09. The number of carbonyl (C=O) groups excluding carboxylic acids is 1. The molecule has 1 heterocycles. The van der Waals surface area contributed by atoms with Crippen molar-refractivity contribution in [1.82, 2.24) is 10.3 Å². The minimum atomic E-state index is -0.144. The van der Waals surface area contributed by atoms with Crippen LogP contribution in [0.1, 0.15) is 36.0 Å². The van der Waals surface area contributed by atoms with Crippen molar-refractivity contribution in [1.29, 1.82) is 0 Å². The molecule has 1 N–H and O–H groups in total. The molecule has 0 aromatic carbocycles. The Labute approximate surface area is 112 Å². The minimum absolute atomic E-state index is 0.144. The van der Waals surface area contributed by atoms with Gasteiger partial charge in [-0.25, -0.2) is 4.98 Å². The van der Waals surface area contributed by atoms with E-state index in [4.69, 9.17) is 16.3 Å². The van der Waals surface area contributed by atoms with E-state index in [0.29, 0.717) is 30.0 Å². The molecule has 5 heteroatoms. The number of rotatable bonds is 5. The fourth-order valence-corrected chi connectivity index (χ4v) is 2.17. The molecule has 0 spiro atoms. The second kappa shape index (κ2) is 6.71. The Kier molecular flexibility index (Phi) is 4.96. The van der Waals surface area contributed by atoms with E-state index in [-0.39, 0.29) is 5.91 Å². The van der Waals surface area contributed by atoms with Crippen LogP contribution in [0.25, 0.3) is 0 Å². The van der Waals surface area contributed by atoms with Crippen LogP contribution in [0.15, 0.2) is 18.3 Å². The zero-order valence-electron chi connectivity index (χ0n) is 10.2. The molecule has 98 valence electrons. The van der Waals surface area contributed by atoms with E-state index in [1.165, 1.54) is 19.0 Å². The molecule has 1 aliphatic rings. The Morgan fingerprint density at radius 1 is 1.44 bits per heavy atom. The number of carbonyl (C=O) groups is 1. The second-order valence-corrected chi connectivity index (χ2v) is 4.79. The molecule has 1 aliphatic carbocycles. The standard InChI is InChI=1S/C13H17ClN2O2/c14-12-6-5-10(9-16-12)13(17)15-7-8-18-11-3-1-2-4-11/h5-6,9,11H,1-4,7-8H2,(H,15,17). The SMILES string of the molecule is O=C(NCCOC1CCCC1)c1ccc(Cl)nc1. The summed E-state index contributed by atoms with van der Waals surface area (Å²) in [5.74, 6) is -0.144. The fourth-order valence-electron chi connectivity index (χ4n) is 2.06. The molecular formula is C13H17ClN2O2. The third kappa shape index (κ3) is 3.96. The van der Waals surface area contributed by atoms with Gasteiger partial charge >= 0.3 is 0 Å². The van der Waals surface area contributed by atoms with E-state index < -0.39 is 0 Å². The quantitative estimate of drug-likeness (QED) is 0.659. The Bertz CT molecular complexity index is 388. The lowest BCUT2D eigenvalue weighted by Gasteiger charge is -2.11. The highest BCUT2D eigenvalue weighted by atomic mass is 35.5. The summed E-state index contributed by atoms with van der Waals surface area (Å²) in [5.41, 5.74) is 0.514. The molecule has 4 nitrogen and oxygen atoms in total. The van der Waals surface area contributed by atoms with Gasteiger partial charge in [0.25, 0.3) is 5.91 Å². The lowest BCUT2D eigenvalue weighted by atomic mass is 10.3. The lowest BCUT2D eigenvalue weighted by molar-refractivity contribution is 0.0582. The van der Waals surface area contributed by atoms with Gasteiger partial charge < -0.3 is 10.1 Å². The highest BCUT2D eigenvalue weighted by molar-refractivity contribution is 6.29. The maximum atomic E-state index is 11.7. The van der Waals surface area contributed by atoms with Crippen LogP contribution in [0.3, 0.4) is 0 Å². The molecule has 1 amide bonds. The molecular weight excluding hydrogens is 252 g/mol. The van der Waals surface area contributed by atoms with E-state index in [1.54, 1.807) is 12.1 Å². The number of hydrogen-bond donors (Lipinski definition) is 1. The number of ether oxygens (including phenoxy) is 1. The highest BCUT2D eigenvalue weighted by Gasteiger charge is 2.14. The number of amides is 1. The van der Waals surface area contributed by atoms with Crippen molar-refractivity contribution in [2.75, 3.05) is 13.2 Å². The molecule has 0 radical (unpaired) electrons. The van der Waals surface area contributed by atoms with Gasteiger partial charge in [0.1, 0.15) is 5.15 Å². The molecule has 0 saturated heterocycles. The van der Waals surface area contributed by atoms with Gasteiger partial charge in [-0.2, -0.15) is 0 Å². The third-order valence-corrected chi connectivity index (χ3v) is 3.26. The monoisotopic (exact) mass is 268 g/mol. The van der Waals surface area contributed by atoms with Crippen molar-refractivity contribution < 1.29 is 9.53 Å². The van der Waals surface area contributed by atoms with Crippen molar-refractivity contribution in [3.8, 4) is 0 Å².